The first kappa shape index (κ1) is 10.1. The summed E-state index contributed by atoms with van der Waals surface area (Å²) in [6.45, 7) is -0.931. The van der Waals surface area contributed by atoms with E-state index in [0.717, 1.165) is 24.3 Å². The SMILES string of the molecule is O=S(=O)(CCF)c1ccc(F)cc1. The van der Waals surface area contributed by atoms with Crippen LogP contribution in [0.1, 0.15) is 0 Å². The van der Waals surface area contributed by atoms with Crippen molar-refractivity contribution in [1.82, 2.24) is 0 Å². The number of sulfone groups is 1. The number of hydrogen-bond acceptors (Lipinski definition) is 2. The average Bonchev–Trinajstić information content (AvgIpc) is 2.05. The molecule has 0 fully saturated rings. The fourth-order valence-electron chi connectivity index (χ4n) is 0.861. The molecule has 1 aromatic carbocycles. The molecule has 0 aromatic heterocycles. The fraction of sp³-hybridized carbons (Fsp3) is 0.250. The van der Waals surface area contributed by atoms with Gasteiger partial charge in [-0.15, -0.1) is 0 Å². The zero-order valence-corrected chi connectivity index (χ0v) is 7.52. The third-order valence-electron chi connectivity index (χ3n) is 1.52. The highest BCUT2D eigenvalue weighted by atomic mass is 32.2. The molecule has 1 aromatic rings. The number of rotatable bonds is 3. The van der Waals surface area contributed by atoms with E-state index in [4.69, 9.17) is 0 Å². The Labute approximate surface area is 75.1 Å². The van der Waals surface area contributed by atoms with Crippen molar-refractivity contribution in [3.63, 3.8) is 0 Å². The highest BCUT2D eigenvalue weighted by Gasteiger charge is 2.13. The monoisotopic (exact) mass is 206 g/mol. The Morgan fingerprint density at radius 3 is 2.15 bits per heavy atom. The minimum absolute atomic E-state index is 0.0495. The summed E-state index contributed by atoms with van der Waals surface area (Å²) in [5.41, 5.74) is 0. The van der Waals surface area contributed by atoms with Crippen molar-refractivity contribution in [2.24, 2.45) is 0 Å². The molecule has 5 heteroatoms. The van der Waals surface area contributed by atoms with Crippen LogP contribution in [-0.2, 0) is 9.84 Å². The van der Waals surface area contributed by atoms with E-state index in [-0.39, 0.29) is 4.90 Å². The molecule has 0 aliphatic rings. The average molecular weight is 206 g/mol. The Morgan fingerprint density at radius 2 is 1.69 bits per heavy atom. The molecule has 0 bridgehead atoms. The van der Waals surface area contributed by atoms with Crippen LogP contribution in [-0.4, -0.2) is 20.8 Å². The van der Waals surface area contributed by atoms with Gasteiger partial charge in [0.25, 0.3) is 0 Å². The molecular formula is C8H8F2O2S. The molecule has 72 valence electrons. The molecule has 0 N–H and O–H groups in total. The smallest absolute Gasteiger partial charge is 0.180 e. The van der Waals surface area contributed by atoms with Gasteiger partial charge in [0.05, 0.1) is 10.6 Å². The van der Waals surface area contributed by atoms with E-state index >= 15 is 0 Å². The van der Waals surface area contributed by atoms with Gasteiger partial charge in [0, 0.05) is 0 Å². The predicted octanol–water partition coefficient (Wildman–Crippen LogP) is 1.57. The molecule has 0 heterocycles. The van der Waals surface area contributed by atoms with Gasteiger partial charge in [0.2, 0.25) is 0 Å². The first-order chi connectivity index (χ1) is 6.06. The lowest BCUT2D eigenvalue weighted by molar-refractivity contribution is 0.517. The number of alkyl halides is 1. The number of halogens is 2. The Hall–Kier alpha value is -0.970. The van der Waals surface area contributed by atoms with E-state index in [1.54, 1.807) is 0 Å². The third-order valence-corrected chi connectivity index (χ3v) is 3.20. The van der Waals surface area contributed by atoms with Crippen molar-refractivity contribution in [3.8, 4) is 0 Å². The lowest BCUT2D eigenvalue weighted by atomic mass is 10.4. The lowest BCUT2D eigenvalue weighted by Gasteiger charge is -2.00. The van der Waals surface area contributed by atoms with E-state index in [1.807, 2.05) is 0 Å². The first-order valence-electron chi connectivity index (χ1n) is 3.60. The standard InChI is InChI=1S/C8H8F2O2S/c9-5-6-13(11,12)8-3-1-7(10)2-4-8/h1-4H,5-6H2. The summed E-state index contributed by atoms with van der Waals surface area (Å²) >= 11 is 0. The van der Waals surface area contributed by atoms with Gasteiger partial charge in [0.15, 0.2) is 9.84 Å². The Balaban J connectivity index is 3.02. The van der Waals surface area contributed by atoms with E-state index < -0.39 is 28.1 Å². The molecule has 0 saturated heterocycles. The first-order valence-corrected chi connectivity index (χ1v) is 5.26. The maximum absolute atomic E-state index is 12.4. The van der Waals surface area contributed by atoms with E-state index in [2.05, 4.69) is 0 Å². The highest BCUT2D eigenvalue weighted by molar-refractivity contribution is 7.91. The van der Waals surface area contributed by atoms with Gasteiger partial charge in [0.1, 0.15) is 12.5 Å². The van der Waals surface area contributed by atoms with Crippen molar-refractivity contribution >= 4 is 9.84 Å². The van der Waals surface area contributed by atoms with Gasteiger partial charge in [-0.3, -0.25) is 0 Å². The largest absolute Gasteiger partial charge is 0.250 e. The van der Waals surface area contributed by atoms with Crippen LogP contribution >= 0.6 is 0 Å². The summed E-state index contributed by atoms with van der Waals surface area (Å²) in [4.78, 5) is -0.0495. The van der Waals surface area contributed by atoms with Crippen LogP contribution in [0.4, 0.5) is 8.78 Å². The van der Waals surface area contributed by atoms with E-state index in [9.17, 15) is 17.2 Å². The molecular weight excluding hydrogens is 198 g/mol. The van der Waals surface area contributed by atoms with Crippen LogP contribution in [0.25, 0.3) is 0 Å². The molecule has 2 nitrogen and oxygen atoms in total. The number of benzene rings is 1. The van der Waals surface area contributed by atoms with E-state index in [0.29, 0.717) is 0 Å². The molecule has 1 rings (SSSR count). The van der Waals surface area contributed by atoms with Crippen molar-refractivity contribution in [2.75, 3.05) is 12.4 Å². The molecule has 13 heavy (non-hydrogen) atoms. The third kappa shape index (κ3) is 2.48. The summed E-state index contributed by atoms with van der Waals surface area (Å²) in [6.07, 6.45) is 0. The van der Waals surface area contributed by atoms with Gasteiger partial charge in [-0.1, -0.05) is 0 Å². The second kappa shape index (κ2) is 3.83. The number of hydrogen-bond donors (Lipinski definition) is 0. The van der Waals surface area contributed by atoms with Crippen LogP contribution in [0.15, 0.2) is 29.2 Å². The molecule has 0 saturated carbocycles. The second-order valence-corrected chi connectivity index (χ2v) is 4.57. The highest BCUT2D eigenvalue weighted by Crippen LogP contribution is 2.11. The molecule has 0 atom stereocenters. The van der Waals surface area contributed by atoms with Gasteiger partial charge >= 0.3 is 0 Å². The predicted molar refractivity (Wildman–Crippen MR) is 44.4 cm³/mol. The van der Waals surface area contributed by atoms with Gasteiger partial charge in [-0.2, -0.15) is 0 Å². The molecule has 0 amide bonds. The summed E-state index contributed by atoms with van der Waals surface area (Å²) in [5.74, 6) is -1.07. The van der Waals surface area contributed by atoms with Gasteiger partial charge in [-0.25, -0.2) is 17.2 Å². The fourth-order valence-corrected chi connectivity index (χ4v) is 1.85. The minimum atomic E-state index is -3.57. The topological polar surface area (TPSA) is 34.1 Å². The zero-order valence-electron chi connectivity index (χ0n) is 6.70. The van der Waals surface area contributed by atoms with Crippen molar-refractivity contribution < 1.29 is 17.2 Å². The lowest BCUT2D eigenvalue weighted by Crippen LogP contribution is -2.07. The maximum atomic E-state index is 12.4. The van der Waals surface area contributed by atoms with Crippen molar-refractivity contribution in [1.29, 1.82) is 0 Å². The van der Waals surface area contributed by atoms with Crippen molar-refractivity contribution in [3.05, 3.63) is 30.1 Å². The molecule has 0 unspecified atom stereocenters. The van der Waals surface area contributed by atoms with E-state index in [1.165, 1.54) is 0 Å². The Bertz CT molecular complexity index is 370. The van der Waals surface area contributed by atoms with Crippen LogP contribution in [0.2, 0.25) is 0 Å². The molecule has 0 radical (unpaired) electrons. The van der Waals surface area contributed by atoms with Crippen molar-refractivity contribution in [2.45, 2.75) is 4.90 Å². The normalized spacial score (nSPS) is 11.5. The second-order valence-electron chi connectivity index (χ2n) is 2.46. The van der Waals surface area contributed by atoms with Crippen LogP contribution < -0.4 is 0 Å². The summed E-state index contributed by atoms with van der Waals surface area (Å²) in [5, 5.41) is 0. The molecule has 0 spiro atoms. The van der Waals surface area contributed by atoms with Crippen LogP contribution in [0.3, 0.4) is 0 Å². The van der Waals surface area contributed by atoms with Gasteiger partial charge < -0.3 is 0 Å². The quantitative estimate of drug-likeness (QED) is 0.703. The minimum Gasteiger partial charge on any atom is -0.250 e. The Morgan fingerprint density at radius 1 is 1.15 bits per heavy atom. The molecule has 0 aliphatic carbocycles. The van der Waals surface area contributed by atoms with Crippen LogP contribution in [0, 0.1) is 5.82 Å². The van der Waals surface area contributed by atoms with Gasteiger partial charge in [-0.05, 0) is 24.3 Å². The summed E-state index contributed by atoms with van der Waals surface area (Å²) in [7, 11) is -3.57. The Kier molecular flexibility index (Phi) is 2.98. The maximum Gasteiger partial charge on any atom is 0.180 e. The van der Waals surface area contributed by atoms with Crippen LogP contribution in [0.5, 0.6) is 0 Å². The molecule has 0 aliphatic heterocycles. The summed E-state index contributed by atoms with van der Waals surface area (Å²) < 4.78 is 46.6. The summed E-state index contributed by atoms with van der Waals surface area (Å²) in [6, 6.07) is 4.32. The zero-order chi connectivity index (χ0) is 9.90.